The molecule has 1 atom stereocenters. The zero-order chi connectivity index (χ0) is 27.9. The van der Waals surface area contributed by atoms with Crippen LogP contribution in [-0.4, -0.2) is 30.7 Å². The van der Waals surface area contributed by atoms with E-state index in [1.54, 1.807) is 0 Å². The second kappa shape index (κ2) is 30.9. The molecule has 1 fully saturated rings. The Balaban J connectivity index is 1.79. The molecule has 1 heterocycles. The summed E-state index contributed by atoms with van der Waals surface area (Å²) in [6.45, 7) is 8.44. The van der Waals surface area contributed by atoms with Gasteiger partial charge in [-0.2, -0.15) is 0 Å². The van der Waals surface area contributed by atoms with Crippen LogP contribution in [-0.2, 0) is 0 Å². The van der Waals surface area contributed by atoms with E-state index in [2.05, 4.69) is 24.1 Å². The summed E-state index contributed by atoms with van der Waals surface area (Å²) >= 11 is 0. The monoisotopic (exact) mass is 549 g/mol. The Labute approximate surface area is 248 Å². The fraction of sp³-hybridized carbons (Fsp3) is 1.00. The molecule has 0 spiro atoms. The number of hydrogen-bond acceptors (Lipinski definition) is 2. The van der Waals surface area contributed by atoms with Crippen LogP contribution >= 0.6 is 0 Å². The first kappa shape index (κ1) is 36.9. The highest BCUT2D eigenvalue weighted by molar-refractivity contribution is 4.77. The molecule has 0 aromatic rings. The van der Waals surface area contributed by atoms with E-state index in [0.717, 1.165) is 0 Å². The molecule has 0 saturated carbocycles. The number of unbranched alkanes of at least 4 members (excludes halogenated alkanes) is 28. The third kappa shape index (κ3) is 25.4. The Morgan fingerprint density at radius 2 is 0.718 bits per heavy atom. The minimum absolute atomic E-state index is 0.679. The van der Waals surface area contributed by atoms with Crippen molar-refractivity contribution in [1.29, 1.82) is 0 Å². The van der Waals surface area contributed by atoms with Crippen LogP contribution in [0.3, 0.4) is 0 Å². The Morgan fingerprint density at radius 3 is 1.08 bits per heavy atom. The van der Waals surface area contributed by atoms with Crippen molar-refractivity contribution >= 4 is 0 Å². The van der Waals surface area contributed by atoms with Crippen LogP contribution in [0.4, 0.5) is 0 Å². The SMILES string of the molecule is CCCCCCCCCCCCCCCCCC1NCCN1CCCCCCCCCCCCCCCCC. The second-order valence-electron chi connectivity index (χ2n) is 13.2. The van der Waals surface area contributed by atoms with Crippen LogP contribution in [0.5, 0.6) is 0 Å². The minimum Gasteiger partial charge on any atom is -0.300 e. The van der Waals surface area contributed by atoms with Crippen molar-refractivity contribution in [2.75, 3.05) is 19.6 Å². The van der Waals surface area contributed by atoms with Gasteiger partial charge in [0, 0.05) is 13.1 Å². The molecule has 0 aromatic carbocycles. The van der Waals surface area contributed by atoms with Crippen molar-refractivity contribution in [3.05, 3.63) is 0 Å². The van der Waals surface area contributed by atoms with E-state index in [0.29, 0.717) is 6.17 Å². The minimum atomic E-state index is 0.679. The van der Waals surface area contributed by atoms with E-state index in [4.69, 9.17) is 0 Å². The van der Waals surface area contributed by atoms with Gasteiger partial charge in [0.2, 0.25) is 0 Å². The zero-order valence-electron chi connectivity index (χ0n) is 27.6. The molecule has 1 rings (SSSR count). The summed E-state index contributed by atoms with van der Waals surface area (Å²) in [6, 6.07) is 0. The van der Waals surface area contributed by atoms with E-state index in [1.165, 1.54) is 219 Å². The second-order valence-corrected chi connectivity index (χ2v) is 13.2. The van der Waals surface area contributed by atoms with Crippen LogP contribution in [0.2, 0.25) is 0 Å². The van der Waals surface area contributed by atoms with Crippen molar-refractivity contribution in [1.82, 2.24) is 10.2 Å². The third-order valence-electron chi connectivity index (χ3n) is 9.35. The quantitative estimate of drug-likeness (QED) is 0.0841. The van der Waals surface area contributed by atoms with E-state index in [9.17, 15) is 0 Å². The molecule has 2 nitrogen and oxygen atoms in total. The van der Waals surface area contributed by atoms with Gasteiger partial charge in [-0.1, -0.05) is 200 Å². The molecule has 0 amide bonds. The predicted octanol–water partition coefficient (Wildman–Crippen LogP) is 12.4. The summed E-state index contributed by atoms with van der Waals surface area (Å²) in [5.74, 6) is 0. The summed E-state index contributed by atoms with van der Waals surface area (Å²) in [6.07, 6.45) is 45.9. The largest absolute Gasteiger partial charge is 0.300 e. The lowest BCUT2D eigenvalue weighted by atomic mass is 10.0. The highest BCUT2D eigenvalue weighted by Crippen LogP contribution is 2.17. The highest BCUT2D eigenvalue weighted by atomic mass is 15.3. The topological polar surface area (TPSA) is 15.3 Å². The average molecular weight is 549 g/mol. The molecular formula is C37H76N2. The smallest absolute Gasteiger partial charge is 0.0597 e. The molecule has 234 valence electrons. The maximum Gasteiger partial charge on any atom is 0.0597 e. The molecule has 0 aliphatic carbocycles. The van der Waals surface area contributed by atoms with Gasteiger partial charge in [-0.05, 0) is 19.4 Å². The molecule has 0 aromatic heterocycles. The van der Waals surface area contributed by atoms with Crippen molar-refractivity contribution in [2.45, 2.75) is 219 Å². The van der Waals surface area contributed by atoms with E-state index >= 15 is 0 Å². The zero-order valence-corrected chi connectivity index (χ0v) is 27.6. The van der Waals surface area contributed by atoms with E-state index in [1.807, 2.05) is 0 Å². The number of hydrogen-bond donors (Lipinski definition) is 1. The summed E-state index contributed by atoms with van der Waals surface area (Å²) in [5.41, 5.74) is 0. The molecular weight excluding hydrogens is 472 g/mol. The van der Waals surface area contributed by atoms with Gasteiger partial charge in [-0.3, -0.25) is 4.90 Å². The highest BCUT2D eigenvalue weighted by Gasteiger charge is 2.22. The van der Waals surface area contributed by atoms with Gasteiger partial charge in [0.05, 0.1) is 6.17 Å². The number of rotatable bonds is 32. The third-order valence-corrected chi connectivity index (χ3v) is 9.35. The normalized spacial score (nSPS) is 16.0. The number of nitrogens with zero attached hydrogens (tertiary/aromatic N) is 1. The molecule has 1 aliphatic heterocycles. The van der Waals surface area contributed by atoms with Crippen molar-refractivity contribution in [3.8, 4) is 0 Å². The fourth-order valence-electron chi connectivity index (χ4n) is 6.61. The van der Waals surface area contributed by atoms with Crippen LogP contribution < -0.4 is 5.32 Å². The molecule has 0 radical (unpaired) electrons. The molecule has 1 aliphatic rings. The summed E-state index contributed by atoms with van der Waals surface area (Å²) < 4.78 is 0. The fourth-order valence-corrected chi connectivity index (χ4v) is 6.61. The first-order chi connectivity index (χ1) is 19.4. The number of nitrogens with one attached hydrogen (secondary N) is 1. The van der Waals surface area contributed by atoms with Gasteiger partial charge < -0.3 is 5.32 Å². The maximum absolute atomic E-state index is 3.78. The van der Waals surface area contributed by atoms with Crippen LogP contribution in [0.1, 0.15) is 213 Å². The molecule has 39 heavy (non-hydrogen) atoms. The van der Waals surface area contributed by atoms with Crippen LogP contribution in [0.25, 0.3) is 0 Å². The van der Waals surface area contributed by atoms with Crippen LogP contribution in [0.15, 0.2) is 0 Å². The predicted molar refractivity (Wildman–Crippen MR) is 178 cm³/mol. The molecule has 1 saturated heterocycles. The average Bonchev–Trinajstić information content (AvgIpc) is 3.40. The Hall–Kier alpha value is -0.0800. The van der Waals surface area contributed by atoms with E-state index in [-0.39, 0.29) is 0 Å². The van der Waals surface area contributed by atoms with Crippen molar-refractivity contribution in [2.24, 2.45) is 0 Å². The van der Waals surface area contributed by atoms with Crippen LogP contribution in [0, 0.1) is 0 Å². The van der Waals surface area contributed by atoms with Crippen molar-refractivity contribution < 1.29 is 0 Å². The lowest BCUT2D eigenvalue weighted by Gasteiger charge is -2.24. The lowest BCUT2D eigenvalue weighted by Crippen LogP contribution is -2.36. The van der Waals surface area contributed by atoms with Gasteiger partial charge in [0.25, 0.3) is 0 Å². The molecule has 2 heteroatoms. The Bertz CT molecular complexity index is 411. The Morgan fingerprint density at radius 1 is 0.410 bits per heavy atom. The van der Waals surface area contributed by atoms with Gasteiger partial charge >= 0.3 is 0 Å². The molecule has 1 unspecified atom stereocenters. The van der Waals surface area contributed by atoms with Gasteiger partial charge in [0.15, 0.2) is 0 Å². The Kier molecular flexibility index (Phi) is 29.2. The first-order valence-electron chi connectivity index (χ1n) is 18.9. The summed E-state index contributed by atoms with van der Waals surface area (Å²) in [4.78, 5) is 2.76. The van der Waals surface area contributed by atoms with Gasteiger partial charge in [0.1, 0.15) is 0 Å². The summed E-state index contributed by atoms with van der Waals surface area (Å²) in [7, 11) is 0. The van der Waals surface area contributed by atoms with Gasteiger partial charge in [-0.15, -0.1) is 0 Å². The lowest BCUT2D eigenvalue weighted by molar-refractivity contribution is 0.220. The van der Waals surface area contributed by atoms with Crippen molar-refractivity contribution in [3.63, 3.8) is 0 Å². The molecule has 0 bridgehead atoms. The maximum atomic E-state index is 3.78. The van der Waals surface area contributed by atoms with Gasteiger partial charge in [-0.25, -0.2) is 0 Å². The molecule has 1 N–H and O–H groups in total. The standard InChI is InChI=1S/C37H76N2/c1-3-5-7-9-11-13-15-17-19-21-23-25-27-29-31-33-37-38-34-36-39(37)35-32-30-28-26-24-22-20-18-16-14-12-10-8-6-4-2/h37-38H,3-36H2,1-2H3. The van der Waals surface area contributed by atoms with E-state index < -0.39 is 0 Å². The summed E-state index contributed by atoms with van der Waals surface area (Å²) in [5, 5.41) is 3.78. The first-order valence-corrected chi connectivity index (χ1v) is 18.9.